The van der Waals surface area contributed by atoms with E-state index in [2.05, 4.69) is 39.6 Å². The first kappa shape index (κ1) is 17.2. The highest BCUT2D eigenvalue weighted by atomic mass is 127. The molecule has 0 bridgehead atoms. The summed E-state index contributed by atoms with van der Waals surface area (Å²) in [5, 5.41) is 0. The van der Waals surface area contributed by atoms with Gasteiger partial charge in [-0.15, -0.1) is 0 Å². The zero-order valence-electron chi connectivity index (χ0n) is 13.4. The maximum Gasteiger partial charge on any atom is 0.410 e. The monoisotopic (exact) mass is 417 g/mol. The average molecular weight is 417 g/mol. The Kier molecular flexibility index (Phi) is 5.41. The third-order valence-electron chi connectivity index (χ3n) is 3.48. The van der Waals surface area contributed by atoms with Gasteiger partial charge in [0.15, 0.2) is 0 Å². The number of carbonyl (C=O) groups excluding carboxylic acids is 1. The van der Waals surface area contributed by atoms with Crippen molar-refractivity contribution in [1.29, 1.82) is 0 Å². The lowest BCUT2D eigenvalue weighted by Gasteiger charge is -2.27. The molecule has 2 rings (SSSR count). The van der Waals surface area contributed by atoms with Crippen LogP contribution in [0.15, 0.2) is 18.2 Å². The van der Waals surface area contributed by atoms with Crippen LogP contribution in [-0.4, -0.2) is 42.8 Å². The molecule has 0 unspecified atom stereocenters. The molecule has 1 aliphatic heterocycles. The number of rotatable bonds is 1. The Bertz CT molecular complexity index is 543. The quantitative estimate of drug-likeness (QED) is 0.563. The largest absolute Gasteiger partial charge is 0.444 e. The molecule has 1 saturated heterocycles. The van der Waals surface area contributed by atoms with Crippen LogP contribution in [0.3, 0.4) is 0 Å². The number of nitrogens with two attached hydrogens (primary N) is 1. The van der Waals surface area contributed by atoms with Crippen LogP contribution < -0.4 is 10.6 Å². The van der Waals surface area contributed by atoms with Gasteiger partial charge in [-0.05, 0) is 68.0 Å². The molecule has 1 aliphatic rings. The van der Waals surface area contributed by atoms with E-state index in [0.29, 0.717) is 6.54 Å². The van der Waals surface area contributed by atoms with Gasteiger partial charge < -0.3 is 20.3 Å². The number of hydrogen-bond donors (Lipinski definition) is 1. The van der Waals surface area contributed by atoms with Crippen molar-refractivity contribution in [2.24, 2.45) is 0 Å². The molecule has 2 N–H and O–H groups in total. The van der Waals surface area contributed by atoms with Crippen LogP contribution in [-0.2, 0) is 4.74 Å². The fourth-order valence-electron chi connectivity index (χ4n) is 2.48. The number of halogens is 1. The van der Waals surface area contributed by atoms with Gasteiger partial charge in [0.1, 0.15) is 5.60 Å². The van der Waals surface area contributed by atoms with E-state index in [-0.39, 0.29) is 6.09 Å². The maximum atomic E-state index is 12.2. The Morgan fingerprint density at radius 2 is 1.95 bits per heavy atom. The van der Waals surface area contributed by atoms with E-state index in [1.54, 1.807) is 4.90 Å². The lowest BCUT2D eigenvalue weighted by Crippen LogP contribution is -2.39. The first-order valence-electron chi connectivity index (χ1n) is 7.54. The normalized spacial score (nSPS) is 16.4. The molecule has 0 aliphatic carbocycles. The Labute approximate surface area is 145 Å². The highest BCUT2D eigenvalue weighted by Crippen LogP contribution is 2.26. The number of amides is 1. The summed E-state index contributed by atoms with van der Waals surface area (Å²) in [4.78, 5) is 16.2. The summed E-state index contributed by atoms with van der Waals surface area (Å²) >= 11 is 2.26. The van der Waals surface area contributed by atoms with Crippen molar-refractivity contribution in [3.63, 3.8) is 0 Å². The lowest BCUT2D eigenvalue weighted by atomic mass is 10.2. The minimum atomic E-state index is -0.455. The summed E-state index contributed by atoms with van der Waals surface area (Å²) in [5.41, 5.74) is 7.51. The van der Waals surface area contributed by atoms with Crippen molar-refractivity contribution in [2.75, 3.05) is 36.8 Å². The van der Waals surface area contributed by atoms with Gasteiger partial charge in [0.05, 0.1) is 11.4 Å². The van der Waals surface area contributed by atoms with E-state index in [9.17, 15) is 4.79 Å². The highest BCUT2D eigenvalue weighted by molar-refractivity contribution is 14.1. The minimum Gasteiger partial charge on any atom is -0.444 e. The molecule has 1 amide bonds. The molecule has 1 heterocycles. The summed E-state index contributed by atoms with van der Waals surface area (Å²) in [7, 11) is 0. The molecule has 22 heavy (non-hydrogen) atoms. The third kappa shape index (κ3) is 4.66. The van der Waals surface area contributed by atoms with Gasteiger partial charge in [0, 0.05) is 29.7 Å². The number of benzene rings is 1. The summed E-state index contributed by atoms with van der Waals surface area (Å²) in [6.07, 6.45) is 0.676. The smallest absolute Gasteiger partial charge is 0.410 e. The second kappa shape index (κ2) is 6.93. The van der Waals surface area contributed by atoms with Crippen molar-refractivity contribution in [3.8, 4) is 0 Å². The fourth-order valence-corrected chi connectivity index (χ4v) is 3.00. The second-order valence-corrected chi connectivity index (χ2v) is 7.76. The van der Waals surface area contributed by atoms with E-state index in [1.807, 2.05) is 26.8 Å². The van der Waals surface area contributed by atoms with Gasteiger partial charge in [-0.2, -0.15) is 0 Å². The van der Waals surface area contributed by atoms with Crippen LogP contribution in [0.4, 0.5) is 16.2 Å². The number of ether oxygens (including phenoxy) is 1. The first-order valence-corrected chi connectivity index (χ1v) is 8.62. The van der Waals surface area contributed by atoms with Crippen LogP contribution >= 0.6 is 22.6 Å². The van der Waals surface area contributed by atoms with Crippen LogP contribution in [0.1, 0.15) is 27.2 Å². The maximum absolute atomic E-state index is 12.2. The van der Waals surface area contributed by atoms with Crippen LogP contribution in [0.5, 0.6) is 0 Å². The van der Waals surface area contributed by atoms with Crippen LogP contribution in [0.25, 0.3) is 0 Å². The molecule has 0 radical (unpaired) electrons. The Morgan fingerprint density at radius 1 is 1.23 bits per heavy atom. The number of anilines is 2. The lowest BCUT2D eigenvalue weighted by molar-refractivity contribution is 0.0263. The number of carbonyl (C=O) groups is 1. The molecule has 0 spiro atoms. The summed E-state index contributed by atoms with van der Waals surface area (Å²) in [5.74, 6) is 0. The Balaban J connectivity index is 2.02. The molecule has 1 aromatic carbocycles. The second-order valence-electron chi connectivity index (χ2n) is 6.51. The third-order valence-corrected chi connectivity index (χ3v) is 4.15. The zero-order chi connectivity index (χ0) is 16.3. The van der Waals surface area contributed by atoms with Gasteiger partial charge in [-0.1, -0.05) is 0 Å². The van der Waals surface area contributed by atoms with Gasteiger partial charge in [-0.25, -0.2) is 4.79 Å². The topological polar surface area (TPSA) is 58.8 Å². The number of nitrogens with zero attached hydrogens (tertiary/aromatic N) is 2. The molecule has 122 valence electrons. The SMILES string of the molecule is CC(C)(C)OC(=O)N1CCCN(c2ccc(I)cc2N)CC1. The van der Waals surface area contributed by atoms with Crippen LogP contribution in [0, 0.1) is 3.57 Å². The minimum absolute atomic E-state index is 0.232. The van der Waals surface area contributed by atoms with Crippen molar-refractivity contribution in [3.05, 3.63) is 21.8 Å². The molecule has 6 heteroatoms. The summed E-state index contributed by atoms with van der Waals surface area (Å²) in [6, 6.07) is 6.09. The Morgan fingerprint density at radius 3 is 2.59 bits per heavy atom. The van der Waals surface area contributed by atoms with Crippen molar-refractivity contribution >= 4 is 40.1 Å². The van der Waals surface area contributed by atoms with E-state index in [1.165, 1.54) is 0 Å². The van der Waals surface area contributed by atoms with E-state index in [4.69, 9.17) is 10.5 Å². The highest BCUT2D eigenvalue weighted by Gasteiger charge is 2.24. The zero-order valence-corrected chi connectivity index (χ0v) is 15.6. The summed E-state index contributed by atoms with van der Waals surface area (Å²) in [6.45, 7) is 8.70. The van der Waals surface area contributed by atoms with E-state index < -0.39 is 5.60 Å². The molecule has 0 saturated carbocycles. The molecule has 0 atom stereocenters. The van der Waals surface area contributed by atoms with E-state index >= 15 is 0 Å². The molecule has 0 aromatic heterocycles. The predicted octanol–water partition coefficient (Wildman–Crippen LogP) is 3.32. The van der Waals surface area contributed by atoms with Gasteiger partial charge in [0.25, 0.3) is 0 Å². The molecular weight excluding hydrogens is 393 g/mol. The number of nitrogen functional groups attached to an aromatic ring is 1. The standard InChI is InChI=1S/C16H24IN3O2/c1-16(2,3)22-15(21)20-8-4-7-19(9-10-20)14-6-5-12(17)11-13(14)18/h5-6,11H,4,7-10,18H2,1-3H3. The molecular formula is C16H24IN3O2. The predicted molar refractivity (Wildman–Crippen MR) is 98.2 cm³/mol. The first-order chi connectivity index (χ1) is 10.3. The Hall–Kier alpha value is -1.18. The van der Waals surface area contributed by atoms with Crippen molar-refractivity contribution in [2.45, 2.75) is 32.8 Å². The van der Waals surface area contributed by atoms with Gasteiger partial charge in [0.2, 0.25) is 0 Å². The number of hydrogen-bond acceptors (Lipinski definition) is 4. The molecule has 1 aromatic rings. The van der Waals surface area contributed by atoms with E-state index in [0.717, 1.165) is 41.0 Å². The van der Waals surface area contributed by atoms with Crippen molar-refractivity contribution in [1.82, 2.24) is 4.90 Å². The van der Waals surface area contributed by atoms with Crippen LogP contribution in [0.2, 0.25) is 0 Å². The van der Waals surface area contributed by atoms with Gasteiger partial charge in [-0.3, -0.25) is 0 Å². The molecule has 1 fully saturated rings. The summed E-state index contributed by atoms with van der Waals surface area (Å²) < 4.78 is 6.58. The fraction of sp³-hybridized carbons (Fsp3) is 0.562. The molecule has 5 nitrogen and oxygen atoms in total. The van der Waals surface area contributed by atoms with Crippen molar-refractivity contribution < 1.29 is 9.53 Å². The van der Waals surface area contributed by atoms with Gasteiger partial charge >= 0.3 is 6.09 Å². The average Bonchev–Trinajstić information content (AvgIpc) is 2.62.